The fourth-order valence-corrected chi connectivity index (χ4v) is 4.62. The number of carbonyl (C=O) groups excluding carboxylic acids is 2. The van der Waals surface area contributed by atoms with Gasteiger partial charge in [-0.25, -0.2) is 8.42 Å². The lowest BCUT2D eigenvalue weighted by Crippen LogP contribution is -2.46. The van der Waals surface area contributed by atoms with E-state index in [1.807, 2.05) is 42.2 Å². The molecule has 9 heteroatoms. The average Bonchev–Trinajstić information content (AvgIpc) is 2.75. The number of anilines is 1. The Morgan fingerprint density at radius 3 is 2.29 bits per heavy atom. The number of amides is 2. The first-order valence-electron chi connectivity index (χ1n) is 10.2. The van der Waals surface area contributed by atoms with Crippen LogP contribution in [0.3, 0.4) is 0 Å². The Labute approximate surface area is 182 Å². The first-order chi connectivity index (χ1) is 14.9. The molecule has 0 spiro atoms. The molecule has 166 valence electrons. The lowest BCUT2D eigenvalue weighted by atomic mass is 10.0. The molecule has 1 saturated heterocycles. The number of sulfone groups is 1. The van der Waals surface area contributed by atoms with Crippen LogP contribution < -0.4 is 15.4 Å². The molecule has 0 saturated carbocycles. The number of likely N-dealkylation sites (N-methyl/N-ethyl adjacent to an activating group) is 1. The van der Waals surface area contributed by atoms with E-state index in [0.717, 1.165) is 5.56 Å². The van der Waals surface area contributed by atoms with Gasteiger partial charge in [-0.05, 0) is 36.8 Å². The third-order valence-corrected chi connectivity index (χ3v) is 6.58. The molecular weight excluding hydrogens is 418 g/mol. The molecule has 8 nitrogen and oxygen atoms in total. The summed E-state index contributed by atoms with van der Waals surface area (Å²) in [4.78, 5) is 26.6. The molecule has 1 aliphatic heterocycles. The summed E-state index contributed by atoms with van der Waals surface area (Å²) < 4.78 is 29.1. The summed E-state index contributed by atoms with van der Waals surface area (Å²) in [6, 6.07) is 15.5. The molecule has 31 heavy (non-hydrogen) atoms. The molecule has 1 fully saturated rings. The summed E-state index contributed by atoms with van der Waals surface area (Å²) in [5.74, 6) is 0.170. The van der Waals surface area contributed by atoms with Crippen molar-refractivity contribution in [3.63, 3.8) is 0 Å². The van der Waals surface area contributed by atoms with Gasteiger partial charge in [-0.3, -0.25) is 14.5 Å². The maximum Gasteiger partial charge on any atom is 0.257 e. The monoisotopic (exact) mass is 445 g/mol. The molecule has 2 aromatic carbocycles. The molecule has 0 bridgehead atoms. The second kappa shape index (κ2) is 10.4. The van der Waals surface area contributed by atoms with Gasteiger partial charge in [-0.2, -0.15) is 0 Å². The van der Waals surface area contributed by atoms with Crippen molar-refractivity contribution in [1.82, 2.24) is 10.2 Å². The van der Waals surface area contributed by atoms with Crippen LogP contribution in [-0.2, 0) is 19.4 Å². The van der Waals surface area contributed by atoms with E-state index in [9.17, 15) is 18.0 Å². The van der Waals surface area contributed by atoms with Gasteiger partial charge in [0.05, 0.1) is 11.5 Å². The molecule has 2 amide bonds. The summed E-state index contributed by atoms with van der Waals surface area (Å²) in [6.07, 6.45) is 0. The van der Waals surface area contributed by atoms with Gasteiger partial charge in [0.25, 0.3) is 5.91 Å². The number of rotatable bonds is 8. The number of ether oxygens (including phenoxy) is 1. The SMILES string of the molecule is CCNC(=O)COc1ccc(NC(=O)C(c2ccccc2)N2CCS(=O)(=O)CC2)cc1. The molecule has 2 N–H and O–H groups in total. The van der Waals surface area contributed by atoms with Gasteiger partial charge >= 0.3 is 0 Å². The predicted molar refractivity (Wildman–Crippen MR) is 119 cm³/mol. The largest absolute Gasteiger partial charge is 0.484 e. The Balaban J connectivity index is 1.68. The van der Waals surface area contributed by atoms with Crippen molar-refractivity contribution >= 4 is 27.3 Å². The Morgan fingerprint density at radius 1 is 1.03 bits per heavy atom. The molecular formula is C22H27N3O5S. The van der Waals surface area contributed by atoms with E-state index in [1.54, 1.807) is 24.3 Å². The summed E-state index contributed by atoms with van der Waals surface area (Å²) >= 11 is 0. The van der Waals surface area contributed by atoms with Crippen molar-refractivity contribution in [2.75, 3.05) is 43.1 Å². The molecule has 2 aromatic rings. The molecule has 3 rings (SSSR count). The van der Waals surface area contributed by atoms with Crippen LogP contribution in [0.4, 0.5) is 5.69 Å². The Morgan fingerprint density at radius 2 is 1.68 bits per heavy atom. The first-order valence-corrected chi connectivity index (χ1v) is 12.0. The minimum absolute atomic E-state index is 0.0429. The number of carbonyl (C=O) groups is 2. The highest BCUT2D eigenvalue weighted by atomic mass is 32.2. The van der Waals surface area contributed by atoms with Crippen LogP contribution in [0.1, 0.15) is 18.5 Å². The third-order valence-electron chi connectivity index (χ3n) is 4.97. The zero-order chi connectivity index (χ0) is 22.3. The zero-order valence-electron chi connectivity index (χ0n) is 17.4. The molecule has 0 radical (unpaired) electrons. The van der Waals surface area contributed by atoms with E-state index in [2.05, 4.69) is 10.6 Å². The third kappa shape index (κ3) is 6.53. The van der Waals surface area contributed by atoms with E-state index >= 15 is 0 Å². The van der Waals surface area contributed by atoms with Gasteiger partial charge in [0.1, 0.15) is 11.8 Å². The summed E-state index contributed by atoms with van der Waals surface area (Å²) in [5, 5.41) is 5.56. The van der Waals surface area contributed by atoms with Crippen LogP contribution in [0.5, 0.6) is 5.75 Å². The Bertz CT molecular complexity index is 980. The van der Waals surface area contributed by atoms with Gasteiger partial charge in [0.2, 0.25) is 5.91 Å². The number of nitrogens with zero attached hydrogens (tertiary/aromatic N) is 1. The minimum atomic E-state index is -3.05. The van der Waals surface area contributed by atoms with E-state index in [-0.39, 0.29) is 29.9 Å². The fourth-order valence-electron chi connectivity index (χ4n) is 3.39. The maximum atomic E-state index is 13.2. The highest BCUT2D eigenvalue weighted by Gasteiger charge is 2.32. The smallest absolute Gasteiger partial charge is 0.257 e. The van der Waals surface area contributed by atoms with Crippen LogP contribution in [0, 0.1) is 0 Å². The Kier molecular flexibility index (Phi) is 7.64. The summed E-state index contributed by atoms with van der Waals surface area (Å²) in [7, 11) is -3.05. The number of hydrogen-bond donors (Lipinski definition) is 2. The summed E-state index contributed by atoms with van der Waals surface area (Å²) in [5.41, 5.74) is 1.39. The predicted octanol–water partition coefficient (Wildman–Crippen LogP) is 1.61. The second-order valence-electron chi connectivity index (χ2n) is 7.26. The molecule has 1 atom stereocenters. The molecule has 1 aliphatic rings. The molecule has 0 aromatic heterocycles. The maximum absolute atomic E-state index is 13.2. The van der Waals surface area contributed by atoms with Crippen molar-refractivity contribution in [3.05, 3.63) is 60.2 Å². The van der Waals surface area contributed by atoms with Crippen molar-refractivity contribution in [2.45, 2.75) is 13.0 Å². The van der Waals surface area contributed by atoms with Gasteiger partial charge in [-0.15, -0.1) is 0 Å². The average molecular weight is 446 g/mol. The lowest BCUT2D eigenvalue weighted by Gasteiger charge is -2.33. The first kappa shape index (κ1) is 22.8. The van der Waals surface area contributed by atoms with Gasteiger partial charge < -0.3 is 15.4 Å². The van der Waals surface area contributed by atoms with E-state index in [4.69, 9.17) is 4.74 Å². The highest BCUT2D eigenvalue weighted by molar-refractivity contribution is 7.91. The molecule has 0 aliphatic carbocycles. The standard InChI is InChI=1S/C22H27N3O5S/c1-2-23-20(26)16-30-19-10-8-18(9-11-19)24-22(27)21(17-6-4-3-5-7-17)25-12-14-31(28,29)15-13-25/h3-11,21H,2,12-16H2,1H3,(H,23,26)(H,24,27). The van der Waals surface area contributed by atoms with Crippen LogP contribution in [0.2, 0.25) is 0 Å². The lowest BCUT2D eigenvalue weighted by molar-refractivity contribution is -0.123. The van der Waals surface area contributed by atoms with Crippen LogP contribution in [-0.4, -0.2) is 62.9 Å². The van der Waals surface area contributed by atoms with E-state index in [0.29, 0.717) is 31.1 Å². The van der Waals surface area contributed by atoms with Crippen LogP contribution in [0.25, 0.3) is 0 Å². The molecule has 1 heterocycles. The number of nitrogens with one attached hydrogen (secondary N) is 2. The van der Waals surface area contributed by atoms with Gasteiger partial charge in [0, 0.05) is 25.3 Å². The van der Waals surface area contributed by atoms with E-state index < -0.39 is 15.9 Å². The zero-order valence-corrected chi connectivity index (χ0v) is 18.2. The van der Waals surface area contributed by atoms with Crippen LogP contribution in [0.15, 0.2) is 54.6 Å². The highest BCUT2D eigenvalue weighted by Crippen LogP contribution is 2.25. The number of hydrogen-bond acceptors (Lipinski definition) is 6. The topological polar surface area (TPSA) is 105 Å². The second-order valence-corrected chi connectivity index (χ2v) is 9.56. The van der Waals surface area contributed by atoms with Crippen molar-refractivity contribution in [2.24, 2.45) is 0 Å². The van der Waals surface area contributed by atoms with E-state index in [1.165, 1.54) is 0 Å². The van der Waals surface area contributed by atoms with Crippen LogP contribution >= 0.6 is 0 Å². The molecule has 1 unspecified atom stereocenters. The van der Waals surface area contributed by atoms with Crippen molar-refractivity contribution < 1.29 is 22.7 Å². The normalized spacial score (nSPS) is 16.8. The van der Waals surface area contributed by atoms with Gasteiger partial charge in [0.15, 0.2) is 16.4 Å². The van der Waals surface area contributed by atoms with Gasteiger partial charge in [-0.1, -0.05) is 30.3 Å². The van der Waals surface area contributed by atoms with Crippen molar-refractivity contribution in [1.29, 1.82) is 0 Å². The fraction of sp³-hybridized carbons (Fsp3) is 0.364. The number of benzene rings is 2. The summed E-state index contributed by atoms with van der Waals surface area (Å²) in [6.45, 7) is 2.91. The van der Waals surface area contributed by atoms with Crippen molar-refractivity contribution in [3.8, 4) is 5.75 Å². The quantitative estimate of drug-likeness (QED) is 0.640. The Hall–Kier alpha value is -2.91. The minimum Gasteiger partial charge on any atom is -0.484 e.